The second-order valence-corrected chi connectivity index (χ2v) is 4.84. The molecule has 2 aliphatic rings. The highest BCUT2D eigenvalue weighted by molar-refractivity contribution is 6.29. The predicted octanol–water partition coefficient (Wildman–Crippen LogP) is 1.12. The first kappa shape index (κ1) is 11.9. The molecule has 0 unspecified atom stereocenters. The Morgan fingerprint density at radius 3 is 2.61 bits per heavy atom. The van der Waals surface area contributed by atoms with E-state index in [0.29, 0.717) is 43.2 Å². The summed E-state index contributed by atoms with van der Waals surface area (Å²) in [4.78, 5) is 12.6. The number of morpholine rings is 1. The molecule has 0 atom stereocenters. The van der Waals surface area contributed by atoms with Gasteiger partial charge in [0, 0.05) is 19.2 Å². The van der Waals surface area contributed by atoms with Crippen LogP contribution in [0.3, 0.4) is 0 Å². The molecule has 1 aromatic heterocycles. The molecule has 18 heavy (non-hydrogen) atoms. The van der Waals surface area contributed by atoms with E-state index in [1.807, 2.05) is 9.80 Å². The number of nitrogens with zero attached hydrogens (tertiary/aromatic N) is 4. The van der Waals surface area contributed by atoms with Crippen molar-refractivity contribution in [3.8, 4) is 0 Å². The van der Waals surface area contributed by atoms with Crippen molar-refractivity contribution in [3.63, 3.8) is 0 Å². The summed E-state index contributed by atoms with van der Waals surface area (Å²) in [7, 11) is 0. The molecule has 0 amide bonds. The molecule has 98 valence electrons. The predicted molar refractivity (Wildman–Crippen MR) is 67.2 cm³/mol. The van der Waals surface area contributed by atoms with Gasteiger partial charge in [-0.1, -0.05) is 11.6 Å². The number of hydrogen-bond acceptors (Lipinski definition) is 5. The van der Waals surface area contributed by atoms with Gasteiger partial charge >= 0.3 is 0 Å². The zero-order valence-corrected chi connectivity index (χ0v) is 10.6. The first-order chi connectivity index (χ1) is 8.72. The lowest BCUT2D eigenvalue weighted by Gasteiger charge is -2.36. The van der Waals surface area contributed by atoms with Crippen molar-refractivity contribution in [2.75, 3.05) is 49.2 Å². The average Bonchev–Trinajstić information content (AvgIpc) is 2.35. The third-order valence-electron chi connectivity index (χ3n) is 3.12. The highest BCUT2D eigenvalue weighted by atomic mass is 35.5. The monoisotopic (exact) mass is 272 g/mol. The second kappa shape index (κ2) is 4.85. The van der Waals surface area contributed by atoms with Gasteiger partial charge in [0.25, 0.3) is 0 Å². The van der Waals surface area contributed by atoms with E-state index in [-0.39, 0.29) is 0 Å². The van der Waals surface area contributed by atoms with Crippen LogP contribution < -0.4 is 9.80 Å². The Balaban J connectivity index is 1.81. The van der Waals surface area contributed by atoms with Gasteiger partial charge in [-0.15, -0.1) is 0 Å². The standard InChI is InChI=1S/C11H14ClFN4O/c12-9-5-10(17-6-8(13)7-17)15-11(14-9)16-1-3-18-4-2-16/h5,8H,1-4,6-7H2. The summed E-state index contributed by atoms with van der Waals surface area (Å²) >= 11 is 6.00. The molecule has 2 saturated heterocycles. The van der Waals surface area contributed by atoms with Gasteiger partial charge in [0.05, 0.1) is 26.3 Å². The number of aromatic nitrogens is 2. The Hall–Kier alpha value is -1.14. The van der Waals surface area contributed by atoms with Crippen LogP contribution in [0.2, 0.25) is 5.15 Å². The minimum absolute atomic E-state index is 0.385. The third-order valence-corrected chi connectivity index (χ3v) is 3.32. The van der Waals surface area contributed by atoms with Crippen LogP contribution in [0.15, 0.2) is 6.07 Å². The van der Waals surface area contributed by atoms with Crippen molar-refractivity contribution in [2.24, 2.45) is 0 Å². The molecule has 0 aromatic carbocycles. The van der Waals surface area contributed by atoms with Crippen molar-refractivity contribution in [3.05, 3.63) is 11.2 Å². The van der Waals surface area contributed by atoms with Crippen LogP contribution >= 0.6 is 11.6 Å². The molecule has 3 rings (SSSR count). The fourth-order valence-corrected chi connectivity index (χ4v) is 2.25. The van der Waals surface area contributed by atoms with E-state index in [2.05, 4.69) is 9.97 Å². The van der Waals surface area contributed by atoms with Gasteiger partial charge < -0.3 is 14.5 Å². The van der Waals surface area contributed by atoms with Crippen molar-refractivity contribution in [1.82, 2.24) is 9.97 Å². The van der Waals surface area contributed by atoms with Crippen LogP contribution in [0.25, 0.3) is 0 Å². The lowest BCUT2D eigenvalue weighted by atomic mass is 10.2. The summed E-state index contributed by atoms with van der Waals surface area (Å²) < 4.78 is 18.1. The maximum Gasteiger partial charge on any atom is 0.228 e. The van der Waals surface area contributed by atoms with Gasteiger partial charge in [0.15, 0.2) is 0 Å². The topological polar surface area (TPSA) is 41.5 Å². The summed E-state index contributed by atoms with van der Waals surface area (Å²) in [5, 5.41) is 0.392. The minimum Gasteiger partial charge on any atom is -0.378 e. The molecule has 0 saturated carbocycles. The highest BCUT2D eigenvalue weighted by Crippen LogP contribution is 2.25. The molecule has 0 N–H and O–H groups in total. The van der Waals surface area contributed by atoms with Crippen LogP contribution in [0.4, 0.5) is 16.2 Å². The second-order valence-electron chi connectivity index (χ2n) is 4.45. The maximum atomic E-state index is 12.9. The van der Waals surface area contributed by atoms with Crippen molar-refractivity contribution in [1.29, 1.82) is 0 Å². The van der Waals surface area contributed by atoms with E-state index in [1.54, 1.807) is 6.07 Å². The van der Waals surface area contributed by atoms with Gasteiger partial charge in [-0.3, -0.25) is 0 Å². The third kappa shape index (κ3) is 2.35. The Bertz CT molecular complexity index is 435. The van der Waals surface area contributed by atoms with Crippen molar-refractivity contribution in [2.45, 2.75) is 6.17 Å². The quantitative estimate of drug-likeness (QED) is 0.755. The number of alkyl halides is 1. The molecule has 5 nitrogen and oxygen atoms in total. The average molecular weight is 273 g/mol. The van der Waals surface area contributed by atoms with E-state index in [0.717, 1.165) is 13.1 Å². The molecular weight excluding hydrogens is 259 g/mol. The van der Waals surface area contributed by atoms with Gasteiger partial charge in [-0.2, -0.15) is 4.98 Å². The highest BCUT2D eigenvalue weighted by Gasteiger charge is 2.28. The summed E-state index contributed by atoms with van der Waals surface area (Å²) in [5.74, 6) is 1.30. The Kier molecular flexibility index (Phi) is 3.22. The lowest BCUT2D eigenvalue weighted by Crippen LogP contribution is -2.49. The molecule has 0 radical (unpaired) electrons. The molecule has 0 spiro atoms. The van der Waals surface area contributed by atoms with Crippen LogP contribution in [0.5, 0.6) is 0 Å². The Morgan fingerprint density at radius 1 is 1.22 bits per heavy atom. The lowest BCUT2D eigenvalue weighted by molar-refractivity contribution is 0.122. The first-order valence-electron chi connectivity index (χ1n) is 5.98. The van der Waals surface area contributed by atoms with E-state index in [9.17, 15) is 4.39 Å². The molecular formula is C11H14ClFN4O. The number of anilines is 2. The largest absolute Gasteiger partial charge is 0.378 e. The zero-order valence-electron chi connectivity index (χ0n) is 9.85. The Morgan fingerprint density at radius 2 is 1.94 bits per heavy atom. The van der Waals surface area contributed by atoms with Gasteiger partial charge in [-0.05, 0) is 0 Å². The normalized spacial score (nSPS) is 21.0. The van der Waals surface area contributed by atoms with E-state index in [1.165, 1.54) is 0 Å². The molecule has 1 aromatic rings. The maximum absolute atomic E-state index is 12.9. The van der Waals surface area contributed by atoms with Crippen molar-refractivity contribution >= 4 is 23.4 Å². The van der Waals surface area contributed by atoms with Crippen molar-refractivity contribution < 1.29 is 9.13 Å². The summed E-state index contributed by atoms with van der Waals surface area (Å²) in [6, 6.07) is 1.68. The minimum atomic E-state index is -0.759. The fraction of sp³-hybridized carbons (Fsp3) is 0.636. The van der Waals surface area contributed by atoms with Crippen LogP contribution in [-0.2, 0) is 4.74 Å². The van der Waals surface area contributed by atoms with E-state index >= 15 is 0 Å². The number of halogens is 2. The summed E-state index contributed by atoms with van der Waals surface area (Å²) in [6.45, 7) is 3.62. The zero-order chi connectivity index (χ0) is 12.5. The fourth-order valence-electron chi connectivity index (χ4n) is 2.07. The molecule has 0 aliphatic carbocycles. The molecule has 2 fully saturated rings. The summed E-state index contributed by atoms with van der Waals surface area (Å²) in [6.07, 6.45) is -0.759. The van der Waals surface area contributed by atoms with E-state index in [4.69, 9.17) is 16.3 Å². The molecule has 3 heterocycles. The number of ether oxygens (including phenoxy) is 1. The van der Waals surface area contributed by atoms with Crippen LogP contribution in [-0.4, -0.2) is 55.5 Å². The van der Waals surface area contributed by atoms with Gasteiger partial charge in [0.2, 0.25) is 5.95 Å². The molecule has 2 aliphatic heterocycles. The first-order valence-corrected chi connectivity index (χ1v) is 6.36. The number of rotatable bonds is 2. The smallest absolute Gasteiger partial charge is 0.228 e. The summed E-state index contributed by atoms with van der Waals surface area (Å²) in [5.41, 5.74) is 0. The SMILES string of the molecule is FC1CN(c2cc(Cl)nc(N3CCOCC3)n2)C1. The number of hydrogen-bond donors (Lipinski definition) is 0. The van der Waals surface area contributed by atoms with E-state index < -0.39 is 6.17 Å². The van der Waals surface area contributed by atoms with Gasteiger partial charge in [-0.25, -0.2) is 9.37 Å². The molecule has 7 heteroatoms. The Labute approximate surface area is 110 Å². The molecule has 0 bridgehead atoms. The van der Waals surface area contributed by atoms with Crippen LogP contribution in [0.1, 0.15) is 0 Å². The van der Waals surface area contributed by atoms with Crippen LogP contribution in [0, 0.1) is 0 Å². The van der Waals surface area contributed by atoms with Gasteiger partial charge in [0.1, 0.15) is 17.1 Å².